The van der Waals surface area contributed by atoms with Gasteiger partial charge in [-0.2, -0.15) is 0 Å². The third-order valence-corrected chi connectivity index (χ3v) is 2.76. The van der Waals surface area contributed by atoms with Crippen LogP contribution >= 0.6 is 0 Å². The van der Waals surface area contributed by atoms with E-state index in [9.17, 15) is 9.59 Å². The highest BCUT2D eigenvalue weighted by Crippen LogP contribution is 2.05. The number of hydrogen-bond acceptors (Lipinski definition) is 4. The Morgan fingerprint density at radius 2 is 1.90 bits per heavy atom. The Balaban J connectivity index is 3.33. The van der Waals surface area contributed by atoms with Crippen LogP contribution in [-0.2, 0) is 14.4 Å². The predicted octanol–water partition coefficient (Wildman–Crippen LogP) is 2.86. The topological polar surface area (TPSA) is 75.6 Å². The first-order valence-electron chi connectivity index (χ1n) is 7.42. The summed E-state index contributed by atoms with van der Waals surface area (Å²) in [5.74, 6) is -0.908. The summed E-state index contributed by atoms with van der Waals surface area (Å²) in [6, 6.07) is 0. The number of allylic oxidation sites excluding steroid dienone is 1. The summed E-state index contributed by atoms with van der Waals surface area (Å²) >= 11 is 0. The maximum absolute atomic E-state index is 11.4. The number of nitrogens with one attached hydrogen (secondary N) is 1. The third kappa shape index (κ3) is 14.9. The molecule has 116 valence electrons. The van der Waals surface area contributed by atoms with Crippen LogP contribution in [0, 0.1) is 0 Å². The fourth-order valence-corrected chi connectivity index (χ4v) is 1.63. The minimum atomic E-state index is -0.829. The molecule has 0 unspecified atom stereocenters. The molecule has 0 saturated carbocycles. The quantitative estimate of drug-likeness (QED) is 0.291. The normalized spacial score (nSPS) is 11.1. The first-order valence-corrected chi connectivity index (χ1v) is 7.42. The van der Waals surface area contributed by atoms with E-state index in [1.807, 2.05) is 6.08 Å². The number of carbonyl (C=O) groups excluding carboxylic acids is 1. The second-order valence-corrected chi connectivity index (χ2v) is 4.75. The molecule has 0 radical (unpaired) electrons. The summed E-state index contributed by atoms with van der Waals surface area (Å²) in [7, 11) is 0. The Kier molecular flexibility index (Phi) is 13.4. The van der Waals surface area contributed by atoms with Crippen molar-refractivity contribution < 1.29 is 19.5 Å². The molecule has 0 fully saturated rings. The van der Waals surface area contributed by atoms with Gasteiger partial charge >= 0.3 is 5.97 Å². The van der Waals surface area contributed by atoms with Gasteiger partial charge in [-0.1, -0.05) is 38.7 Å². The van der Waals surface area contributed by atoms with E-state index in [-0.39, 0.29) is 18.8 Å². The molecule has 0 aromatic heterocycles. The summed E-state index contributed by atoms with van der Waals surface area (Å²) < 4.78 is 0. The van der Waals surface area contributed by atoms with Crippen molar-refractivity contribution in [1.82, 2.24) is 5.48 Å². The number of aliphatic carboxylic acids is 1. The van der Waals surface area contributed by atoms with Crippen molar-refractivity contribution in [3.63, 3.8) is 0 Å². The summed E-state index contributed by atoms with van der Waals surface area (Å²) in [6.45, 7) is 2.61. The number of hydrogen-bond donors (Lipinski definition) is 2. The van der Waals surface area contributed by atoms with E-state index in [4.69, 9.17) is 9.94 Å². The van der Waals surface area contributed by atoms with Crippen LogP contribution in [0.1, 0.15) is 58.3 Å². The number of rotatable bonds is 14. The minimum Gasteiger partial charge on any atom is -0.481 e. The van der Waals surface area contributed by atoms with Crippen LogP contribution in [-0.4, -0.2) is 30.0 Å². The van der Waals surface area contributed by atoms with Crippen LogP contribution < -0.4 is 5.48 Å². The van der Waals surface area contributed by atoms with Crippen LogP contribution in [0.5, 0.6) is 0 Å². The first-order chi connectivity index (χ1) is 9.66. The summed E-state index contributed by atoms with van der Waals surface area (Å²) in [4.78, 5) is 26.6. The second-order valence-electron chi connectivity index (χ2n) is 4.75. The van der Waals surface area contributed by atoms with E-state index in [1.165, 1.54) is 25.7 Å². The van der Waals surface area contributed by atoms with Crippen molar-refractivity contribution in [2.75, 3.05) is 13.2 Å². The van der Waals surface area contributed by atoms with E-state index in [2.05, 4.69) is 12.4 Å². The Labute approximate surface area is 121 Å². The molecular weight excluding hydrogens is 258 g/mol. The Hall–Kier alpha value is -1.20. The highest BCUT2D eigenvalue weighted by atomic mass is 16.6. The molecule has 0 aliphatic rings. The van der Waals surface area contributed by atoms with Crippen molar-refractivity contribution in [1.29, 1.82) is 0 Å². The van der Waals surface area contributed by atoms with Gasteiger partial charge in [-0.25, -0.2) is 5.48 Å². The first kappa shape index (κ1) is 18.8. The highest BCUT2D eigenvalue weighted by Gasteiger charge is 1.98. The molecule has 0 rings (SSSR count). The summed E-state index contributed by atoms with van der Waals surface area (Å²) in [5.41, 5.74) is 2.58. The van der Waals surface area contributed by atoms with Crippen LogP contribution in [0.3, 0.4) is 0 Å². The van der Waals surface area contributed by atoms with Gasteiger partial charge in [0.1, 0.15) is 6.61 Å². The molecular formula is C15H27NO4. The SMILES string of the molecule is CCCCCCCC=CC(=O)CONCCCC(=O)O. The van der Waals surface area contributed by atoms with Crippen molar-refractivity contribution in [2.45, 2.75) is 58.3 Å². The third-order valence-electron chi connectivity index (χ3n) is 2.76. The van der Waals surface area contributed by atoms with Gasteiger partial charge in [0.15, 0.2) is 5.78 Å². The van der Waals surface area contributed by atoms with E-state index in [1.54, 1.807) is 6.08 Å². The fourth-order valence-electron chi connectivity index (χ4n) is 1.63. The summed E-state index contributed by atoms with van der Waals surface area (Å²) in [5, 5.41) is 8.41. The molecule has 20 heavy (non-hydrogen) atoms. The highest BCUT2D eigenvalue weighted by molar-refractivity contribution is 5.90. The monoisotopic (exact) mass is 285 g/mol. The average molecular weight is 285 g/mol. The van der Waals surface area contributed by atoms with Gasteiger partial charge in [-0.15, -0.1) is 0 Å². The standard InChI is InChI=1S/C15H27NO4/c1-2-3-4-5-6-7-8-10-14(17)13-20-16-12-9-11-15(18)19/h8,10,16H,2-7,9,11-13H2,1H3,(H,18,19). The van der Waals surface area contributed by atoms with Gasteiger partial charge in [0.05, 0.1) is 0 Å². The van der Waals surface area contributed by atoms with Crippen LogP contribution in [0.15, 0.2) is 12.2 Å². The van der Waals surface area contributed by atoms with Gasteiger partial charge in [-0.3, -0.25) is 14.4 Å². The Morgan fingerprint density at radius 1 is 1.15 bits per heavy atom. The summed E-state index contributed by atoms with van der Waals surface area (Å²) in [6.07, 6.45) is 11.1. The van der Waals surface area contributed by atoms with Crippen molar-refractivity contribution >= 4 is 11.8 Å². The smallest absolute Gasteiger partial charge is 0.303 e. The maximum Gasteiger partial charge on any atom is 0.303 e. The molecule has 5 nitrogen and oxygen atoms in total. The molecule has 0 aromatic carbocycles. The predicted molar refractivity (Wildman–Crippen MR) is 78.3 cm³/mol. The van der Waals surface area contributed by atoms with E-state index in [0.717, 1.165) is 12.8 Å². The van der Waals surface area contributed by atoms with Gasteiger partial charge in [0, 0.05) is 13.0 Å². The molecule has 0 saturated heterocycles. The minimum absolute atomic E-state index is 0.0145. The molecule has 0 aromatic rings. The van der Waals surface area contributed by atoms with Crippen LogP contribution in [0.2, 0.25) is 0 Å². The van der Waals surface area contributed by atoms with Crippen molar-refractivity contribution in [2.24, 2.45) is 0 Å². The average Bonchev–Trinajstić information content (AvgIpc) is 2.41. The molecule has 5 heteroatoms. The maximum atomic E-state index is 11.4. The lowest BCUT2D eigenvalue weighted by atomic mass is 10.1. The zero-order valence-corrected chi connectivity index (χ0v) is 12.4. The van der Waals surface area contributed by atoms with Gasteiger partial charge in [0.25, 0.3) is 0 Å². The number of carbonyl (C=O) groups is 2. The lowest BCUT2D eigenvalue weighted by Gasteiger charge is -2.02. The molecule has 0 heterocycles. The molecule has 0 aliphatic carbocycles. The van der Waals surface area contributed by atoms with E-state index < -0.39 is 5.97 Å². The zero-order chi connectivity index (χ0) is 15.1. The van der Waals surface area contributed by atoms with E-state index >= 15 is 0 Å². The van der Waals surface area contributed by atoms with Crippen molar-refractivity contribution in [3.8, 4) is 0 Å². The Morgan fingerprint density at radius 3 is 2.60 bits per heavy atom. The van der Waals surface area contributed by atoms with Crippen LogP contribution in [0.4, 0.5) is 0 Å². The van der Waals surface area contributed by atoms with Gasteiger partial charge < -0.3 is 5.11 Å². The molecule has 0 bridgehead atoms. The number of hydroxylamine groups is 1. The fraction of sp³-hybridized carbons (Fsp3) is 0.733. The largest absolute Gasteiger partial charge is 0.481 e. The lowest BCUT2D eigenvalue weighted by Crippen LogP contribution is -2.20. The number of carboxylic acid groups (broad SMARTS) is 1. The Bertz CT molecular complexity index is 290. The lowest BCUT2D eigenvalue weighted by molar-refractivity contribution is -0.137. The molecule has 2 N–H and O–H groups in total. The zero-order valence-electron chi connectivity index (χ0n) is 12.4. The number of ketones is 1. The van der Waals surface area contributed by atoms with E-state index in [0.29, 0.717) is 13.0 Å². The van der Waals surface area contributed by atoms with Gasteiger partial charge in [-0.05, 0) is 25.3 Å². The van der Waals surface area contributed by atoms with Gasteiger partial charge in [0.2, 0.25) is 0 Å². The van der Waals surface area contributed by atoms with Crippen LogP contribution in [0.25, 0.3) is 0 Å². The molecule has 0 amide bonds. The second kappa shape index (κ2) is 14.2. The molecule has 0 aliphatic heterocycles. The van der Waals surface area contributed by atoms with Crippen molar-refractivity contribution in [3.05, 3.63) is 12.2 Å². The molecule has 0 spiro atoms. The molecule has 0 atom stereocenters. The number of unbranched alkanes of at least 4 members (excludes halogenated alkanes) is 5. The number of carboxylic acids is 1.